The second-order valence-electron chi connectivity index (χ2n) is 6.86. The molecule has 3 heteroatoms. The number of nitrogens with zero attached hydrogens (tertiary/aromatic N) is 3. The summed E-state index contributed by atoms with van der Waals surface area (Å²) in [6.07, 6.45) is 6.56. The van der Waals surface area contributed by atoms with E-state index in [1.807, 2.05) is 6.07 Å². The van der Waals surface area contributed by atoms with Gasteiger partial charge in [0.05, 0.1) is 0 Å². The van der Waals surface area contributed by atoms with Crippen LogP contribution >= 0.6 is 0 Å². The lowest BCUT2D eigenvalue weighted by Crippen LogP contribution is -2.37. The van der Waals surface area contributed by atoms with Gasteiger partial charge < -0.3 is 4.90 Å². The van der Waals surface area contributed by atoms with Crippen molar-refractivity contribution in [3.05, 3.63) is 54.6 Å². The molecule has 1 aliphatic carbocycles. The Labute approximate surface area is 149 Å². The number of hydrogen-bond acceptors (Lipinski definition) is 3. The quantitative estimate of drug-likeness (QED) is 0.636. The highest BCUT2D eigenvalue weighted by Crippen LogP contribution is 2.34. The van der Waals surface area contributed by atoms with E-state index in [2.05, 4.69) is 65.5 Å². The van der Waals surface area contributed by atoms with Gasteiger partial charge in [-0.05, 0) is 19.8 Å². The third-order valence-electron chi connectivity index (χ3n) is 5.34. The van der Waals surface area contributed by atoms with Crippen LogP contribution in [0.3, 0.4) is 0 Å². The van der Waals surface area contributed by atoms with Gasteiger partial charge in [0.1, 0.15) is 5.69 Å². The monoisotopic (exact) mass is 331 g/mol. The fourth-order valence-corrected chi connectivity index (χ4v) is 4.08. The maximum atomic E-state index is 4.71. The highest BCUT2D eigenvalue weighted by molar-refractivity contribution is 6.00. The van der Waals surface area contributed by atoms with Crippen molar-refractivity contribution in [2.45, 2.75) is 45.1 Å². The first-order valence-corrected chi connectivity index (χ1v) is 9.46. The first-order chi connectivity index (χ1) is 12.4. The fourth-order valence-electron chi connectivity index (χ4n) is 4.08. The lowest BCUT2D eigenvalue weighted by molar-refractivity contribution is 0.416. The van der Waals surface area contributed by atoms with Gasteiger partial charge in [-0.25, -0.2) is 0 Å². The van der Waals surface area contributed by atoms with E-state index in [0.29, 0.717) is 6.04 Å². The van der Waals surface area contributed by atoms with Crippen LogP contribution in [0.2, 0.25) is 0 Å². The summed E-state index contributed by atoms with van der Waals surface area (Å²) >= 11 is 0. The van der Waals surface area contributed by atoms with Crippen LogP contribution in [-0.2, 0) is 0 Å². The van der Waals surface area contributed by atoms with E-state index >= 15 is 0 Å². The summed E-state index contributed by atoms with van der Waals surface area (Å²) in [5.74, 6) is 1.05. The molecular weight excluding hydrogens is 306 g/mol. The topological polar surface area (TPSA) is 29.0 Å². The summed E-state index contributed by atoms with van der Waals surface area (Å²) in [6.45, 7) is 3.21. The molecule has 2 aromatic carbocycles. The summed E-state index contributed by atoms with van der Waals surface area (Å²) in [6, 6.07) is 19.5. The van der Waals surface area contributed by atoms with Crippen molar-refractivity contribution in [3.63, 3.8) is 0 Å². The molecule has 3 aromatic rings. The minimum absolute atomic E-state index is 0.596. The number of fused-ring (bicyclic) bond motifs is 1. The molecule has 0 amide bonds. The number of anilines is 1. The van der Waals surface area contributed by atoms with Crippen LogP contribution in [0.25, 0.3) is 22.0 Å². The van der Waals surface area contributed by atoms with E-state index in [4.69, 9.17) is 5.10 Å². The molecule has 1 saturated carbocycles. The SMILES string of the molecule is CCN(c1nnc(-c2ccccc2)c2ccccc12)C1CCCCC1. The van der Waals surface area contributed by atoms with Gasteiger partial charge in [-0.3, -0.25) is 0 Å². The van der Waals surface area contributed by atoms with Crippen LogP contribution in [-0.4, -0.2) is 22.8 Å². The Morgan fingerprint density at radius 3 is 2.24 bits per heavy atom. The standard InChI is InChI=1S/C22H25N3/c1-2-25(18-13-7-4-8-14-18)22-20-16-10-9-15-19(20)21(23-24-22)17-11-5-3-6-12-17/h3,5-6,9-12,15-16,18H,2,4,7-8,13-14H2,1H3. The summed E-state index contributed by atoms with van der Waals surface area (Å²) < 4.78 is 0. The highest BCUT2D eigenvalue weighted by Gasteiger charge is 2.23. The average Bonchev–Trinajstić information content (AvgIpc) is 2.70. The Balaban J connectivity index is 1.83. The second kappa shape index (κ2) is 7.22. The molecule has 0 unspecified atom stereocenters. The van der Waals surface area contributed by atoms with Crippen LogP contribution in [0.15, 0.2) is 54.6 Å². The molecule has 128 valence electrons. The molecule has 1 aliphatic rings. The number of aromatic nitrogens is 2. The zero-order valence-electron chi connectivity index (χ0n) is 14.9. The molecule has 1 aromatic heterocycles. The van der Waals surface area contributed by atoms with Crippen LogP contribution < -0.4 is 4.90 Å². The molecule has 3 nitrogen and oxygen atoms in total. The molecule has 25 heavy (non-hydrogen) atoms. The van der Waals surface area contributed by atoms with E-state index in [0.717, 1.165) is 23.6 Å². The maximum Gasteiger partial charge on any atom is 0.159 e. The van der Waals surface area contributed by atoms with Gasteiger partial charge in [0.2, 0.25) is 0 Å². The molecule has 1 heterocycles. The van der Waals surface area contributed by atoms with Crippen LogP contribution in [0.1, 0.15) is 39.0 Å². The Morgan fingerprint density at radius 2 is 1.52 bits per heavy atom. The largest absolute Gasteiger partial charge is 0.352 e. The zero-order valence-corrected chi connectivity index (χ0v) is 14.9. The predicted molar refractivity (Wildman–Crippen MR) is 105 cm³/mol. The number of hydrogen-bond donors (Lipinski definition) is 0. The van der Waals surface area contributed by atoms with E-state index in [-0.39, 0.29) is 0 Å². The predicted octanol–water partition coefficient (Wildman–Crippen LogP) is 5.46. The zero-order chi connectivity index (χ0) is 17.1. The minimum atomic E-state index is 0.596. The minimum Gasteiger partial charge on any atom is -0.352 e. The first kappa shape index (κ1) is 16.1. The van der Waals surface area contributed by atoms with Crippen LogP contribution in [0.5, 0.6) is 0 Å². The normalized spacial score (nSPS) is 15.4. The van der Waals surface area contributed by atoms with Crippen LogP contribution in [0.4, 0.5) is 5.82 Å². The van der Waals surface area contributed by atoms with Gasteiger partial charge in [0, 0.05) is 28.9 Å². The van der Waals surface area contributed by atoms with E-state index in [1.165, 1.54) is 42.9 Å². The molecule has 0 aliphatic heterocycles. The third kappa shape index (κ3) is 3.11. The van der Waals surface area contributed by atoms with E-state index in [1.54, 1.807) is 0 Å². The summed E-state index contributed by atoms with van der Waals surface area (Å²) in [4.78, 5) is 2.48. The molecule has 1 fully saturated rings. The molecule has 4 rings (SSSR count). The van der Waals surface area contributed by atoms with E-state index in [9.17, 15) is 0 Å². The van der Waals surface area contributed by atoms with Crippen molar-refractivity contribution in [2.75, 3.05) is 11.4 Å². The summed E-state index contributed by atoms with van der Waals surface area (Å²) in [7, 11) is 0. The molecule has 0 N–H and O–H groups in total. The van der Waals surface area contributed by atoms with E-state index < -0.39 is 0 Å². The molecule has 0 saturated heterocycles. The van der Waals surface area contributed by atoms with Crippen molar-refractivity contribution in [3.8, 4) is 11.3 Å². The van der Waals surface area contributed by atoms with Crippen molar-refractivity contribution < 1.29 is 0 Å². The van der Waals surface area contributed by atoms with Gasteiger partial charge in [0.15, 0.2) is 5.82 Å². The summed E-state index contributed by atoms with van der Waals surface area (Å²) in [5, 5.41) is 11.8. The molecule has 0 atom stereocenters. The molecule has 0 spiro atoms. The molecular formula is C22H25N3. The highest BCUT2D eigenvalue weighted by atomic mass is 15.3. The van der Waals surface area contributed by atoms with Crippen molar-refractivity contribution in [1.82, 2.24) is 10.2 Å². The molecule has 0 radical (unpaired) electrons. The second-order valence-corrected chi connectivity index (χ2v) is 6.86. The van der Waals surface area contributed by atoms with Gasteiger partial charge in [-0.15, -0.1) is 10.2 Å². The maximum absolute atomic E-state index is 4.71. The van der Waals surface area contributed by atoms with Crippen molar-refractivity contribution >= 4 is 16.6 Å². The van der Waals surface area contributed by atoms with Crippen LogP contribution in [0, 0.1) is 0 Å². The third-order valence-corrected chi connectivity index (χ3v) is 5.34. The van der Waals surface area contributed by atoms with Gasteiger partial charge >= 0.3 is 0 Å². The Kier molecular flexibility index (Phi) is 4.64. The first-order valence-electron chi connectivity index (χ1n) is 9.46. The molecule has 0 bridgehead atoms. The number of rotatable bonds is 4. The van der Waals surface area contributed by atoms with Gasteiger partial charge in [-0.2, -0.15) is 0 Å². The Bertz CT molecular complexity index is 838. The fraction of sp³-hybridized carbons (Fsp3) is 0.364. The van der Waals surface area contributed by atoms with Crippen molar-refractivity contribution in [2.24, 2.45) is 0 Å². The smallest absolute Gasteiger partial charge is 0.159 e. The average molecular weight is 331 g/mol. The Morgan fingerprint density at radius 1 is 0.840 bits per heavy atom. The van der Waals surface area contributed by atoms with Gasteiger partial charge in [-0.1, -0.05) is 73.9 Å². The van der Waals surface area contributed by atoms with Gasteiger partial charge in [0.25, 0.3) is 0 Å². The number of benzene rings is 2. The van der Waals surface area contributed by atoms with Crippen molar-refractivity contribution in [1.29, 1.82) is 0 Å². The Hall–Kier alpha value is -2.42. The lowest BCUT2D eigenvalue weighted by atomic mass is 9.94. The lowest BCUT2D eigenvalue weighted by Gasteiger charge is -2.34. The summed E-state index contributed by atoms with van der Waals surface area (Å²) in [5.41, 5.74) is 2.10.